The highest BCUT2D eigenvalue weighted by molar-refractivity contribution is 5.99. The van der Waals surface area contributed by atoms with Gasteiger partial charge in [0.2, 0.25) is 0 Å². The lowest BCUT2D eigenvalue weighted by molar-refractivity contribution is 0.0963. The van der Waals surface area contributed by atoms with E-state index in [2.05, 4.69) is 10.5 Å². The van der Waals surface area contributed by atoms with Gasteiger partial charge in [0.25, 0.3) is 5.91 Å². The number of carbonyl (C=O) groups excluding carboxylic acids is 1. The van der Waals surface area contributed by atoms with E-state index in [-0.39, 0.29) is 5.91 Å². The van der Waals surface area contributed by atoms with Gasteiger partial charge in [-0.2, -0.15) is 0 Å². The lowest BCUT2D eigenvalue weighted by Crippen LogP contribution is -2.17. The highest BCUT2D eigenvalue weighted by atomic mass is 16.5. The minimum Gasteiger partial charge on any atom is -0.363 e. The van der Waals surface area contributed by atoms with Gasteiger partial charge in [-0.25, -0.2) is 0 Å². The van der Waals surface area contributed by atoms with Crippen molar-refractivity contribution in [1.29, 1.82) is 0 Å². The summed E-state index contributed by atoms with van der Waals surface area (Å²) in [5.41, 5.74) is 1.88. The smallest absolute Gasteiger partial charge is 0.256 e. The summed E-state index contributed by atoms with van der Waals surface area (Å²) in [5.74, 6) is -0.199. The fraction of sp³-hybridized carbons (Fsp3) is 0.0909. The van der Waals surface area contributed by atoms with Crippen LogP contribution in [0.25, 0.3) is 11.3 Å². The molecule has 1 amide bonds. The quantitative estimate of drug-likeness (QED) is 0.806. The van der Waals surface area contributed by atoms with E-state index in [0.717, 1.165) is 5.56 Å². The van der Waals surface area contributed by atoms with E-state index in [1.54, 1.807) is 7.05 Å². The van der Waals surface area contributed by atoms with Crippen molar-refractivity contribution in [3.63, 3.8) is 0 Å². The van der Waals surface area contributed by atoms with E-state index < -0.39 is 0 Å². The Morgan fingerprint density at radius 1 is 1.33 bits per heavy atom. The molecule has 2 rings (SSSR count). The molecule has 0 atom stereocenters. The molecule has 0 aliphatic heterocycles. The molecule has 0 aliphatic carbocycles. The maximum atomic E-state index is 11.5. The Kier molecular flexibility index (Phi) is 2.49. The van der Waals surface area contributed by atoms with Crippen molar-refractivity contribution in [3.8, 4) is 11.3 Å². The third kappa shape index (κ3) is 1.74. The molecule has 76 valence electrons. The van der Waals surface area contributed by atoms with Crippen molar-refractivity contribution in [3.05, 3.63) is 42.2 Å². The van der Waals surface area contributed by atoms with Crippen LogP contribution in [0.1, 0.15) is 10.4 Å². The molecule has 4 nitrogen and oxygen atoms in total. The van der Waals surface area contributed by atoms with Crippen molar-refractivity contribution in [2.24, 2.45) is 0 Å². The molecule has 4 heteroatoms. The number of carbonyl (C=O) groups is 1. The Labute approximate surface area is 86.9 Å². The van der Waals surface area contributed by atoms with Gasteiger partial charge < -0.3 is 9.84 Å². The molecule has 15 heavy (non-hydrogen) atoms. The molecule has 1 N–H and O–H groups in total. The third-order valence-corrected chi connectivity index (χ3v) is 2.09. The molecule has 0 fully saturated rings. The number of nitrogens with one attached hydrogen (secondary N) is 1. The van der Waals surface area contributed by atoms with Crippen molar-refractivity contribution >= 4 is 5.91 Å². The van der Waals surface area contributed by atoms with Gasteiger partial charge in [-0.3, -0.25) is 4.79 Å². The molecular weight excluding hydrogens is 192 g/mol. The van der Waals surface area contributed by atoms with Crippen LogP contribution in [-0.4, -0.2) is 18.1 Å². The Hall–Kier alpha value is -2.10. The first-order valence-corrected chi connectivity index (χ1v) is 4.55. The Bertz CT molecular complexity index is 462. The number of aromatic nitrogens is 1. The predicted molar refractivity (Wildman–Crippen MR) is 55.3 cm³/mol. The van der Waals surface area contributed by atoms with Gasteiger partial charge in [0, 0.05) is 12.6 Å². The number of hydrogen-bond acceptors (Lipinski definition) is 3. The van der Waals surface area contributed by atoms with Crippen LogP contribution in [-0.2, 0) is 0 Å². The summed E-state index contributed by atoms with van der Waals surface area (Å²) in [5, 5.41) is 6.36. The van der Waals surface area contributed by atoms with Crippen LogP contribution in [0.15, 0.2) is 41.1 Å². The van der Waals surface area contributed by atoms with Crippen molar-refractivity contribution in [2.75, 3.05) is 7.05 Å². The third-order valence-electron chi connectivity index (χ3n) is 2.09. The van der Waals surface area contributed by atoms with E-state index in [0.29, 0.717) is 11.3 Å². The summed E-state index contributed by atoms with van der Waals surface area (Å²) in [4.78, 5) is 11.5. The highest BCUT2D eigenvalue weighted by Gasteiger charge is 2.15. The lowest BCUT2D eigenvalue weighted by Gasteiger charge is -1.99. The second-order valence-electron chi connectivity index (χ2n) is 3.02. The Morgan fingerprint density at radius 2 is 2.07 bits per heavy atom. The van der Waals surface area contributed by atoms with E-state index in [9.17, 15) is 4.79 Å². The van der Waals surface area contributed by atoms with Crippen molar-refractivity contribution in [2.45, 2.75) is 0 Å². The summed E-state index contributed by atoms with van der Waals surface area (Å²) in [6, 6.07) is 9.44. The summed E-state index contributed by atoms with van der Waals surface area (Å²) in [6.45, 7) is 0. The summed E-state index contributed by atoms with van der Waals surface area (Å²) in [7, 11) is 1.57. The molecule has 0 radical (unpaired) electrons. The maximum Gasteiger partial charge on any atom is 0.256 e. The highest BCUT2D eigenvalue weighted by Crippen LogP contribution is 2.21. The van der Waals surface area contributed by atoms with Gasteiger partial charge in [0.1, 0.15) is 17.5 Å². The van der Waals surface area contributed by atoms with Crippen molar-refractivity contribution < 1.29 is 9.32 Å². The summed E-state index contributed by atoms with van der Waals surface area (Å²) in [6.07, 6.45) is 1.35. The average Bonchev–Trinajstić information content (AvgIpc) is 2.78. The summed E-state index contributed by atoms with van der Waals surface area (Å²) >= 11 is 0. The topological polar surface area (TPSA) is 55.1 Å². The van der Waals surface area contributed by atoms with E-state index in [1.807, 2.05) is 30.3 Å². The fourth-order valence-electron chi connectivity index (χ4n) is 1.34. The van der Waals surface area contributed by atoms with Gasteiger partial charge in [0.05, 0.1) is 0 Å². The molecule has 0 spiro atoms. The largest absolute Gasteiger partial charge is 0.363 e. The molecule has 0 saturated heterocycles. The first kappa shape index (κ1) is 9.45. The molecule has 0 aliphatic rings. The standard InChI is InChI=1S/C11H10N2O2/c1-12-11(14)9-7-15-13-10(9)8-5-3-2-4-6-8/h2-7H,1H3,(H,12,14). The first-order chi connectivity index (χ1) is 7.33. The SMILES string of the molecule is CNC(=O)c1conc1-c1ccccc1. The Morgan fingerprint density at radius 3 is 2.73 bits per heavy atom. The zero-order valence-corrected chi connectivity index (χ0v) is 8.23. The second kappa shape index (κ2) is 3.96. The number of benzene rings is 1. The Balaban J connectivity index is 2.46. The molecule has 1 aromatic heterocycles. The molecular formula is C11H10N2O2. The molecule has 0 unspecified atom stereocenters. The van der Waals surface area contributed by atoms with Crippen LogP contribution in [0.2, 0.25) is 0 Å². The van der Waals surface area contributed by atoms with Crippen LogP contribution in [0.4, 0.5) is 0 Å². The molecule has 0 bridgehead atoms. The van der Waals surface area contributed by atoms with Crippen LogP contribution >= 0.6 is 0 Å². The number of nitrogens with zero attached hydrogens (tertiary/aromatic N) is 1. The molecule has 1 aromatic carbocycles. The van der Waals surface area contributed by atoms with Gasteiger partial charge in [-0.1, -0.05) is 35.5 Å². The monoisotopic (exact) mass is 202 g/mol. The van der Waals surface area contributed by atoms with Crippen LogP contribution in [0.3, 0.4) is 0 Å². The lowest BCUT2D eigenvalue weighted by atomic mass is 10.1. The van der Waals surface area contributed by atoms with E-state index in [4.69, 9.17) is 4.52 Å². The maximum absolute atomic E-state index is 11.5. The van der Waals surface area contributed by atoms with E-state index >= 15 is 0 Å². The second-order valence-corrected chi connectivity index (χ2v) is 3.02. The van der Waals surface area contributed by atoms with E-state index in [1.165, 1.54) is 6.26 Å². The summed E-state index contributed by atoms with van der Waals surface area (Å²) < 4.78 is 4.81. The predicted octanol–water partition coefficient (Wildman–Crippen LogP) is 1.70. The van der Waals surface area contributed by atoms with Crippen LogP contribution in [0.5, 0.6) is 0 Å². The number of amides is 1. The van der Waals surface area contributed by atoms with Gasteiger partial charge >= 0.3 is 0 Å². The van der Waals surface area contributed by atoms with Gasteiger partial charge in [0.15, 0.2) is 0 Å². The average molecular weight is 202 g/mol. The minimum absolute atomic E-state index is 0.199. The zero-order valence-electron chi connectivity index (χ0n) is 8.23. The van der Waals surface area contributed by atoms with Gasteiger partial charge in [-0.15, -0.1) is 0 Å². The number of hydrogen-bond donors (Lipinski definition) is 1. The minimum atomic E-state index is -0.199. The van der Waals surface area contributed by atoms with Crippen LogP contribution in [0, 0.1) is 0 Å². The molecule has 0 saturated carbocycles. The first-order valence-electron chi connectivity index (χ1n) is 4.55. The molecule has 1 heterocycles. The fourth-order valence-corrected chi connectivity index (χ4v) is 1.34. The number of rotatable bonds is 2. The normalized spacial score (nSPS) is 9.93. The van der Waals surface area contributed by atoms with Gasteiger partial charge in [-0.05, 0) is 0 Å². The zero-order chi connectivity index (χ0) is 10.7. The van der Waals surface area contributed by atoms with Crippen LogP contribution < -0.4 is 5.32 Å². The molecule has 2 aromatic rings. The van der Waals surface area contributed by atoms with Crippen molar-refractivity contribution in [1.82, 2.24) is 10.5 Å².